The third-order valence-electron chi connectivity index (χ3n) is 4.69. The van der Waals surface area contributed by atoms with E-state index in [0.717, 1.165) is 48.3 Å². The molecule has 0 bridgehead atoms. The highest BCUT2D eigenvalue weighted by Crippen LogP contribution is 2.25. The second kappa shape index (κ2) is 8.10. The van der Waals surface area contributed by atoms with Crippen LogP contribution in [-0.2, 0) is 9.53 Å². The van der Waals surface area contributed by atoms with E-state index in [-0.39, 0.29) is 12.5 Å². The number of nitrogens with one attached hydrogen (secondary N) is 1. The molecular formula is C18H21BrN2O4. The lowest BCUT2D eigenvalue weighted by atomic mass is 9.95. The average molecular weight is 409 g/mol. The van der Waals surface area contributed by atoms with Gasteiger partial charge in [0.05, 0.1) is 11.1 Å². The Morgan fingerprint density at radius 1 is 1.20 bits per heavy atom. The van der Waals surface area contributed by atoms with Crippen LogP contribution in [0.4, 0.5) is 0 Å². The number of carbonyl (C=O) groups is 3. The second-order valence-electron chi connectivity index (χ2n) is 6.43. The molecule has 1 aromatic carbocycles. The standard InChI is InChI=1S/C18H21BrN2O4/c19-13-3-4-14-15(10-13)18(24)21(17(14)23)11-16(22)20-7-1-2-12-5-8-25-9-6-12/h3-4,10,12H,1-2,5-9,11H2,(H,20,22). The van der Waals surface area contributed by atoms with Crippen LogP contribution in [0.1, 0.15) is 46.4 Å². The Balaban J connectivity index is 1.45. The minimum absolute atomic E-state index is 0.235. The van der Waals surface area contributed by atoms with Gasteiger partial charge in [-0.1, -0.05) is 15.9 Å². The Morgan fingerprint density at radius 3 is 2.68 bits per heavy atom. The van der Waals surface area contributed by atoms with Crippen LogP contribution in [0.25, 0.3) is 0 Å². The van der Waals surface area contributed by atoms with Crippen molar-refractivity contribution < 1.29 is 19.1 Å². The summed E-state index contributed by atoms with van der Waals surface area (Å²) >= 11 is 3.29. The summed E-state index contributed by atoms with van der Waals surface area (Å²) < 4.78 is 6.06. The first-order valence-corrected chi connectivity index (χ1v) is 9.36. The Kier molecular flexibility index (Phi) is 5.86. The van der Waals surface area contributed by atoms with Crippen LogP contribution in [0.2, 0.25) is 0 Å². The fraction of sp³-hybridized carbons (Fsp3) is 0.500. The average Bonchev–Trinajstić information content (AvgIpc) is 2.84. The maximum absolute atomic E-state index is 12.3. The number of halogens is 1. The van der Waals surface area contributed by atoms with Crippen molar-refractivity contribution >= 4 is 33.7 Å². The van der Waals surface area contributed by atoms with Crippen molar-refractivity contribution in [1.82, 2.24) is 10.2 Å². The van der Waals surface area contributed by atoms with Gasteiger partial charge in [-0.15, -0.1) is 0 Å². The smallest absolute Gasteiger partial charge is 0.262 e. The van der Waals surface area contributed by atoms with Crippen molar-refractivity contribution in [2.24, 2.45) is 5.92 Å². The molecule has 6 nitrogen and oxygen atoms in total. The Bertz CT molecular complexity index is 686. The SMILES string of the molecule is O=C(CN1C(=O)c2ccc(Br)cc2C1=O)NCCCC1CCOCC1. The molecule has 1 fully saturated rings. The van der Waals surface area contributed by atoms with Gasteiger partial charge in [0.15, 0.2) is 0 Å². The fourth-order valence-corrected chi connectivity index (χ4v) is 3.62. The summed E-state index contributed by atoms with van der Waals surface area (Å²) in [6, 6.07) is 4.93. The first-order chi connectivity index (χ1) is 12.1. The zero-order chi connectivity index (χ0) is 17.8. The van der Waals surface area contributed by atoms with Gasteiger partial charge >= 0.3 is 0 Å². The van der Waals surface area contributed by atoms with Crippen molar-refractivity contribution in [3.05, 3.63) is 33.8 Å². The fourth-order valence-electron chi connectivity index (χ4n) is 3.26. The summed E-state index contributed by atoms with van der Waals surface area (Å²) in [4.78, 5) is 37.7. The van der Waals surface area contributed by atoms with E-state index in [0.29, 0.717) is 23.6 Å². The molecule has 0 atom stereocenters. The quantitative estimate of drug-likeness (QED) is 0.578. The maximum atomic E-state index is 12.3. The molecule has 1 saturated heterocycles. The van der Waals surface area contributed by atoms with E-state index in [4.69, 9.17) is 4.74 Å². The topological polar surface area (TPSA) is 75.7 Å². The van der Waals surface area contributed by atoms with Crippen LogP contribution in [0, 0.1) is 5.92 Å². The predicted molar refractivity (Wildman–Crippen MR) is 95.3 cm³/mol. The molecule has 0 radical (unpaired) electrons. The third kappa shape index (κ3) is 4.27. The molecule has 25 heavy (non-hydrogen) atoms. The summed E-state index contributed by atoms with van der Waals surface area (Å²) in [5.41, 5.74) is 0.687. The first-order valence-electron chi connectivity index (χ1n) is 8.56. The maximum Gasteiger partial charge on any atom is 0.262 e. The highest BCUT2D eigenvalue weighted by molar-refractivity contribution is 9.10. The number of imide groups is 1. The number of amides is 3. The molecule has 1 aromatic rings. The van der Waals surface area contributed by atoms with Gasteiger partial charge in [0, 0.05) is 24.2 Å². The largest absolute Gasteiger partial charge is 0.381 e. The molecule has 3 rings (SSSR count). The molecule has 2 heterocycles. The van der Waals surface area contributed by atoms with Crippen LogP contribution in [0.3, 0.4) is 0 Å². The van der Waals surface area contributed by atoms with Crippen molar-refractivity contribution in [2.45, 2.75) is 25.7 Å². The molecule has 0 aliphatic carbocycles. The van der Waals surface area contributed by atoms with Gasteiger partial charge in [-0.2, -0.15) is 0 Å². The van der Waals surface area contributed by atoms with E-state index in [1.165, 1.54) is 0 Å². The second-order valence-corrected chi connectivity index (χ2v) is 7.35. The normalized spacial score (nSPS) is 17.7. The number of hydrogen-bond donors (Lipinski definition) is 1. The Morgan fingerprint density at radius 2 is 1.92 bits per heavy atom. The minimum atomic E-state index is -0.418. The van der Waals surface area contributed by atoms with Crippen molar-refractivity contribution in [1.29, 1.82) is 0 Å². The number of benzene rings is 1. The van der Waals surface area contributed by atoms with Gasteiger partial charge in [0.2, 0.25) is 5.91 Å². The lowest BCUT2D eigenvalue weighted by molar-refractivity contribution is -0.121. The monoisotopic (exact) mass is 408 g/mol. The van der Waals surface area contributed by atoms with E-state index in [1.807, 2.05) is 0 Å². The van der Waals surface area contributed by atoms with Gasteiger partial charge in [-0.05, 0) is 49.8 Å². The molecule has 0 unspecified atom stereocenters. The Labute approximate surface area is 155 Å². The summed E-state index contributed by atoms with van der Waals surface area (Å²) in [6.45, 7) is 1.98. The summed E-state index contributed by atoms with van der Waals surface area (Å²) in [6.07, 6.45) is 4.12. The number of nitrogens with zero attached hydrogens (tertiary/aromatic N) is 1. The molecule has 3 amide bonds. The molecule has 134 valence electrons. The summed E-state index contributed by atoms with van der Waals surface area (Å²) in [7, 11) is 0. The van der Waals surface area contributed by atoms with Crippen LogP contribution in [0.15, 0.2) is 22.7 Å². The summed E-state index contributed by atoms with van der Waals surface area (Å²) in [5, 5.41) is 2.80. The number of fused-ring (bicyclic) bond motifs is 1. The van der Waals surface area contributed by atoms with Gasteiger partial charge in [0.25, 0.3) is 11.8 Å². The van der Waals surface area contributed by atoms with Crippen LogP contribution < -0.4 is 5.32 Å². The zero-order valence-electron chi connectivity index (χ0n) is 13.9. The van der Waals surface area contributed by atoms with Crippen LogP contribution in [-0.4, -0.2) is 48.9 Å². The molecule has 0 aromatic heterocycles. The molecule has 0 spiro atoms. The molecule has 2 aliphatic heterocycles. The molecule has 0 saturated carbocycles. The van der Waals surface area contributed by atoms with Gasteiger partial charge < -0.3 is 10.1 Å². The molecular weight excluding hydrogens is 388 g/mol. The van der Waals surface area contributed by atoms with Crippen molar-refractivity contribution in [3.63, 3.8) is 0 Å². The molecule has 1 N–H and O–H groups in total. The minimum Gasteiger partial charge on any atom is -0.381 e. The van der Waals surface area contributed by atoms with E-state index in [9.17, 15) is 14.4 Å². The van der Waals surface area contributed by atoms with E-state index < -0.39 is 11.8 Å². The number of ether oxygens (including phenoxy) is 1. The van der Waals surface area contributed by atoms with Crippen LogP contribution in [0.5, 0.6) is 0 Å². The Hall–Kier alpha value is -1.73. The predicted octanol–water partition coefficient (Wildman–Crippen LogP) is 2.37. The number of carbonyl (C=O) groups excluding carboxylic acids is 3. The molecule has 7 heteroatoms. The van der Waals surface area contributed by atoms with Crippen LogP contribution >= 0.6 is 15.9 Å². The van der Waals surface area contributed by atoms with E-state index >= 15 is 0 Å². The zero-order valence-corrected chi connectivity index (χ0v) is 15.5. The van der Waals surface area contributed by atoms with Crippen molar-refractivity contribution in [2.75, 3.05) is 26.3 Å². The lowest BCUT2D eigenvalue weighted by Crippen LogP contribution is -2.40. The van der Waals surface area contributed by atoms with Gasteiger partial charge in [0.1, 0.15) is 6.54 Å². The van der Waals surface area contributed by atoms with E-state index in [1.54, 1.807) is 18.2 Å². The number of hydrogen-bond acceptors (Lipinski definition) is 4. The van der Waals surface area contributed by atoms with E-state index in [2.05, 4.69) is 21.2 Å². The van der Waals surface area contributed by atoms with Gasteiger partial charge in [-0.25, -0.2) is 0 Å². The highest BCUT2D eigenvalue weighted by Gasteiger charge is 2.36. The lowest BCUT2D eigenvalue weighted by Gasteiger charge is -2.21. The highest BCUT2D eigenvalue weighted by atomic mass is 79.9. The third-order valence-corrected chi connectivity index (χ3v) is 5.18. The van der Waals surface area contributed by atoms with Crippen molar-refractivity contribution in [3.8, 4) is 0 Å². The molecule has 2 aliphatic rings. The summed E-state index contributed by atoms with van der Waals surface area (Å²) in [5.74, 6) is -0.468. The first kappa shape index (κ1) is 18.1. The van der Waals surface area contributed by atoms with Gasteiger partial charge in [-0.3, -0.25) is 19.3 Å². The number of rotatable bonds is 6.